The van der Waals surface area contributed by atoms with Crippen LogP contribution in [0.5, 0.6) is 0 Å². The van der Waals surface area contributed by atoms with Gasteiger partial charge in [-0.1, -0.05) is 6.92 Å². The third-order valence-corrected chi connectivity index (χ3v) is 3.16. The number of carbonyl (C=O) groups excluding carboxylic acids is 2. The van der Waals surface area contributed by atoms with E-state index in [0.29, 0.717) is 32.6 Å². The van der Waals surface area contributed by atoms with Crippen LogP contribution < -0.4 is 0 Å². The lowest BCUT2D eigenvalue weighted by Crippen LogP contribution is -2.51. The summed E-state index contributed by atoms with van der Waals surface area (Å²) in [6.07, 6.45) is 0.646. The first-order chi connectivity index (χ1) is 7.06. The lowest BCUT2D eigenvalue weighted by molar-refractivity contribution is -0.138. The predicted molar refractivity (Wildman–Crippen MR) is 58.8 cm³/mol. The van der Waals surface area contributed by atoms with Gasteiger partial charge in [0.25, 0.3) is 0 Å². The van der Waals surface area contributed by atoms with Gasteiger partial charge in [0, 0.05) is 33.1 Å². The van der Waals surface area contributed by atoms with E-state index in [4.69, 9.17) is 11.6 Å². The summed E-state index contributed by atoms with van der Waals surface area (Å²) in [4.78, 5) is 26.2. The SMILES string of the molecule is CC[C@@H](Cl)C(=O)N1CCN(C(C)=O)CC1. The first-order valence-electron chi connectivity index (χ1n) is 5.24. The Morgan fingerprint density at radius 1 is 1.20 bits per heavy atom. The summed E-state index contributed by atoms with van der Waals surface area (Å²) in [5.41, 5.74) is 0. The number of hydrogen-bond acceptors (Lipinski definition) is 2. The first kappa shape index (κ1) is 12.3. The van der Waals surface area contributed by atoms with Crippen molar-refractivity contribution >= 4 is 23.4 Å². The summed E-state index contributed by atoms with van der Waals surface area (Å²) in [7, 11) is 0. The van der Waals surface area contributed by atoms with E-state index in [1.807, 2.05) is 6.92 Å². The van der Waals surface area contributed by atoms with E-state index in [1.165, 1.54) is 0 Å². The Hall–Kier alpha value is -0.770. The second kappa shape index (κ2) is 5.35. The fourth-order valence-electron chi connectivity index (χ4n) is 1.61. The van der Waals surface area contributed by atoms with Crippen LogP contribution in [0.15, 0.2) is 0 Å². The van der Waals surface area contributed by atoms with E-state index >= 15 is 0 Å². The van der Waals surface area contributed by atoms with Crippen molar-refractivity contribution in [3.05, 3.63) is 0 Å². The molecule has 0 unspecified atom stereocenters. The van der Waals surface area contributed by atoms with Crippen LogP contribution in [0.3, 0.4) is 0 Å². The minimum Gasteiger partial charge on any atom is -0.339 e. The fraction of sp³-hybridized carbons (Fsp3) is 0.800. The van der Waals surface area contributed by atoms with E-state index in [9.17, 15) is 9.59 Å². The van der Waals surface area contributed by atoms with Crippen LogP contribution in [0.1, 0.15) is 20.3 Å². The molecule has 0 aromatic heterocycles. The Balaban J connectivity index is 2.43. The van der Waals surface area contributed by atoms with Gasteiger partial charge in [-0.25, -0.2) is 0 Å². The maximum Gasteiger partial charge on any atom is 0.240 e. The Labute approximate surface area is 95.2 Å². The van der Waals surface area contributed by atoms with Gasteiger partial charge in [-0.3, -0.25) is 9.59 Å². The van der Waals surface area contributed by atoms with Crippen LogP contribution in [0, 0.1) is 0 Å². The van der Waals surface area contributed by atoms with Gasteiger partial charge in [-0.15, -0.1) is 11.6 Å². The quantitative estimate of drug-likeness (QED) is 0.658. The van der Waals surface area contributed by atoms with E-state index in [-0.39, 0.29) is 11.8 Å². The smallest absolute Gasteiger partial charge is 0.240 e. The molecule has 1 aliphatic rings. The van der Waals surface area contributed by atoms with E-state index < -0.39 is 5.38 Å². The molecule has 15 heavy (non-hydrogen) atoms. The summed E-state index contributed by atoms with van der Waals surface area (Å²) in [5, 5.41) is -0.422. The molecule has 0 aromatic carbocycles. The average Bonchev–Trinajstić information content (AvgIpc) is 2.27. The van der Waals surface area contributed by atoms with Gasteiger partial charge in [0.15, 0.2) is 0 Å². The summed E-state index contributed by atoms with van der Waals surface area (Å²) >= 11 is 5.88. The van der Waals surface area contributed by atoms with E-state index in [1.54, 1.807) is 16.7 Å². The number of piperazine rings is 1. The van der Waals surface area contributed by atoms with Gasteiger partial charge in [0.05, 0.1) is 0 Å². The number of nitrogens with zero attached hydrogens (tertiary/aromatic N) is 2. The third-order valence-electron chi connectivity index (χ3n) is 2.66. The van der Waals surface area contributed by atoms with Gasteiger partial charge >= 0.3 is 0 Å². The zero-order chi connectivity index (χ0) is 11.4. The van der Waals surface area contributed by atoms with Crippen molar-refractivity contribution in [1.82, 2.24) is 9.80 Å². The van der Waals surface area contributed by atoms with Crippen LogP contribution in [0.25, 0.3) is 0 Å². The maximum atomic E-state index is 11.7. The molecule has 1 fully saturated rings. The highest BCUT2D eigenvalue weighted by molar-refractivity contribution is 6.30. The van der Waals surface area contributed by atoms with Crippen molar-refractivity contribution in [2.45, 2.75) is 25.6 Å². The molecule has 5 heteroatoms. The summed E-state index contributed by atoms with van der Waals surface area (Å²) in [6, 6.07) is 0. The van der Waals surface area contributed by atoms with Gasteiger partial charge in [0.2, 0.25) is 11.8 Å². The van der Waals surface area contributed by atoms with Crippen molar-refractivity contribution in [3.8, 4) is 0 Å². The molecule has 0 aliphatic carbocycles. The summed E-state index contributed by atoms with van der Waals surface area (Å²) in [6.45, 7) is 5.88. The van der Waals surface area contributed by atoms with Crippen molar-refractivity contribution in [1.29, 1.82) is 0 Å². The molecular weight excluding hydrogens is 216 g/mol. The molecule has 0 aromatic rings. The number of alkyl halides is 1. The van der Waals surface area contributed by atoms with Gasteiger partial charge in [-0.05, 0) is 6.42 Å². The molecular formula is C10H17ClN2O2. The monoisotopic (exact) mass is 232 g/mol. The average molecular weight is 233 g/mol. The molecule has 1 aliphatic heterocycles. The Kier molecular flexibility index (Phi) is 4.39. The maximum absolute atomic E-state index is 11.7. The Morgan fingerprint density at radius 2 is 1.67 bits per heavy atom. The standard InChI is InChI=1S/C10H17ClN2O2/c1-3-9(11)10(15)13-6-4-12(5-7-13)8(2)14/h9H,3-7H2,1-2H3/t9-/m1/s1. The van der Waals surface area contributed by atoms with Crippen LogP contribution in [0.2, 0.25) is 0 Å². The molecule has 1 atom stereocenters. The van der Waals surface area contributed by atoms with Gasteiger partial charge in [0.1, 0.15) is 5.38 Å². The molecule has 0 bridgehead atoms. The second-order valence-electron chi connectivity index (χ2n) is 3.71. The van der Waals surface area contributed by atoms with Crippen molar-refractivity contribution in [2.24, 2.45) is 0 Å². The van der Waals surface area contributed by atoms with Gasteiger partial charge in [-0.2, -0.15) is 0 Å². The van der Waals surface area contributed by atoms with E-state index in [2.05, 4.69) is 0 Å². The predicted octanol–water partition coefficient (Wildman–Crippen LogP) is 0.694. The highest BCUT2D eigenvalue weighted by atomic mass is 35.5. The zero-order valence-electron chi connectivity index (χ0n) is 9.20. The van der Waals surface area contributed by atoms with Crippen molar-refractivity contribution in [2.75, 3.05) is 26.2 Å². The molecule has 1 heterocycles. The topological polar surface area (TPSA) is 40.6 Å². The molecule has 1 saturated heterocycles. The van der Waals surface area contributed by atoms with Crippen molar-refractivity contribution < 1.29 is 9.59 Å². The normalized spacial score (nSPS) is 18.9. The Morgan fingerprint density at radius 3 is 2.07 bits per heavy atom. The Bertz CT molecular complexity index is 250. The molecule has 0 N–H and O–H groups in total. The number of rotatable bonds is 2. The molecule has 86 valence electrons. The highest BCUT2D eigenvalue weighted by Gasteiger charge is 2.25. The summed E-state index contributed by atoms with van der Waals surface area (Å²) < 4.78 is 0. The molecule has 0 saturated carbocycles. The van der Waals surface area contributed by atoms with Crippen molar-refractivity contribution in [3.63, 3.8) is 0 Å². The number of hydrogen-bond donors (Lipinski definition) is 0. The van der Waals surface area contributed by atoms with Crippen LogP contribution in [0.4, 0.5) is 0 Å². The minimum absolute atomic E-state index is 0.0117. The van der Waals surface area contributed by atoms with Crippen LogP contribution in [-0.2, 0) is 9.59 Å². The zero-order valence-corrected chi connectivity index (χ0v) is 9.96. The second-order valence-corrected chi connectivity index (χ2v) is 4.23. The molecule has 0 radical (unpaired) electrons. The minimum atomic E-state index is -0.422. The third kappa shape index (κ3) is 3.09. The molecule has 4 nitrogen and oxygen atoms in total. The highest BCUT2D eigenvalue weighted by Crippen LogP contribution is 2.09. The lowest BCUT2D eigenvalue weighted by Gasteiger charge is -2.35. The number of carbonyl (C=O) groups is 2. The number of amides is 2. The van der Waals surface area contributed by atoms with E-state index in [0.717, 1.165) is 0 Å². The van der Waals surface area contributed by atoms with Crippen LogP contribution >= 0.6 is 11.6 Å². The van der Waals surface area contributed by atoms with Gasteiger partial charge < -0.3 is 9.80 Å². The first-order valence-corrected chi connectivity index (χ1v) is 5.68. The molecule has 2 amide bonds. The largest absolute Gasteiger partial charge is 0.339 e. The molecule has 0 spiro atoms. The summed E-state index contributed by atoms with van der Waals surface area (Å²) in [5.74, 6) is 0.0578. The lowest BCUT2D eigenvalue weighted by atomic mass is 10.2. The number of halogens is 1. The fourth-order valence-corrected chi connectivity index (χ4v) is 1.75. The van der Waals surface area contributed by atoms with Crippen LogP contribution in [-0.4, -0.2) is 53.2 Å². The molecule has 1 rings (SSSR count).